The maximum atomic E-state index is 4.24. The summed E-state index contributed by atoms with van der Waals surface area (Å²) in [5, 5.41) is 3.61. The fraction of sp³-hybridized carbons (Fsp3) is 0.462. The first-order valence-corrected chi connectivity index (χ1v) is 5.99. The van der Waals surface area contributed by atoms with E-state index in [1.54, 1.807) is 6.33 Å². The normalized spacial score (nSPS) is 26.1. The highest BCUT2D eigenvalue weighted by Crippen LogP contribution is 2.26. The highest BCUT2D eigenvalue weighted by Gasteiger charge is 2.18. The average molecular weight is 215 g/mol. The van der Waals surface area contributed by atoms with Crippen LogP contribution in [0.5, 0.6) is 0 Å². The summed E-state index contributed by atoms with van der Waals surface area (Å²) in [5.74, 6) is 0.812. The smallest absolute Gasteiger partial charge is 0.0931 e. The molecule has 84 valence electrons. The second-order valence-corrected chi connectivity index (χ2v) is 4.82. The summed E-state index contributed by atoms with van der Waals surface area (Å²) < 4.78 is 0. The van der Waals surface area contributed by atoms with Crippen LogP contribution in [0.2, 0.25) is 0 Å². The number of benzene rings is 1. The Morgan fingerprint density at radius 3 is 3.06 bits per heavy atom. The van der Waals surface area contributed by atoms with Crippen LogP contribution in [0.25, 0.3) is 11.0 Å². The molecule has 1 fully saturated rings. The lowest BCUT2D eigenvalue weighted by molar-refractivity contribution is 0.333. The third kappa shape index (κ3) is 1.71. The predicted octanol–water partition coefficient (Wildman–Crippen LogP) is 2.62. The van der Waals surface area contributed by atoms with Gasteiger partial charge in [-0.3, -0.25) is 0 Å². The van der Waals surface area contributed by atoms with Crippen molar-refractivity contribution in [3.05, 3.63) is 30.1 Å². The number of H-pyrrole nitrogens is 1. The number of nitrogens with one attached hydrogen (secondary N) is 2. The van der Waals surface area contributed by atoms with E-state index in [4.69, 9.17) is 0 Å². The molecule has 3 nitrogen and oxygen atoms in total. The Morgan fingerprint density at radius 2 is 2.25 bits per heavy atom. The van der Waals surface area contributed by atoms with Crippen LogP contribution >= 0.6 is 0 Å². The molecule has 2 N–H and O–H groups in total. The summed E-state index contributed by atoms with van der Waals surface area (Å²) in [6, 6.07) is 7.03. The molecular weight excluding hydrogens is 198 g/mol. The van der Waals surface area contributed by atoms with Gasteiger partial charge in [0, 0.05) is 6.04 Å². The fourth-order valence-electron chi connectivity index (χ4n) is 2.45. The summed E-state index contributed by atoms with van der Waals surface area (Å²) in [7, 11) is 0. The zero-order valence-corrected chi connectivity index (χ0v) is 9.53. The quantitative estimate of drug-likeness (QED) is 0.767. The Hall–Kier alpha value is -1.35. The van der Waals surface area contributed by atoms with Crippen molar-refractivity contribution in [1.82, 2.24) is 15.3 Å². The van der Waals surface area contributed by atoms with Crippen molar-refractivity contribution >= 4 is 11.0 Å². The van der Waals surface area contributed by atoms with Crippen LogP contribution in [0.15, 0.2) is 24.5 Å². The van der Waals surface area contributed by atoms with Crippen LogP contribution in [0.1, 0.15) is 31.4 Å². The SMILES string of the molecule is CC1CCC(c2ccc3nc[nH]c3c2)NC1. The van der Waals surface area contributed by atoms with E-state index in [1.807, 2.05) is 0 Å². The molecule has 2 unspecified atom stereocenters. The Morgan fingerprint density at radius 1 is 1.31 bits per heavy atom. The molecule has 0 spiro atoms. The van der Waals surface area contributed by atoms with Crippen LogP contribution in [0.3, 0.4) is 0 Å². The van der Waals surface area contributed by atoms with Gasteiger partial charge in [-0.05, 0) is 43.0 Å². The molecule has 1 aliphatic rings. The highest BCUT2D eigenvalue weighted by molar-refractivity contribution is 5.75. The molecule has 0 saturated carbocycles. The summed E-state index contributed by atoms with van der Waals surface area (Å²) in [5.41, 5.74) is 3.56. The van der Waals surface area contributed by atoms with Gasteiger partial charge in [0.1, 0.15) is 0 Å². The zero-order chi connectivity index (χ0) is 11.0. The molecule has 0 amide bonds. The number of hydrogen-bond donors (Lipinski definition) is 2. The van der Waals surface area contributed by atoms with Gasteiger partial charge in [0.2, 0.25) is 0 Å². The molecule has 2 aromatic rings. The summed E-state index contributed by atoms with van der Waals surface area (Å²) in [6.45, 7) is 3.44. The summed E-state index contributed by atoms with van der Waals surface area (Å²) in [4.78, 5) is 7.41. The lowest BCUT2D eigenvalue weighted by Crippen LogP contribution is -2.31. The van der Waals surface area contributed by atoms with Gasteiger partial charge in [-0.15, -0.1) is 0 Å². The lowest BCUT2D eigenvalue weighted by Gasteiger charge is -2.28. The van der Waals surface area contributed by atoms with Crippen molar-refractivity contribution in [2.24, 2.45) is 5.92 Å². The number of imidazole rings is 1. The van der Waals surface area contributed by atoms with Gasteiger partial charge >= 0.3 is 0 Å². The van der Waals surface area contributed by atoms with E-state index < -0.39 is 0 Å². The van der Waals surface area contributed by atoms with Crippen LogP contribution in [-0.2, 0) is 0 Å². The minimum atomic E-state index is 0.517. The summed E-state index contributed by atoms with van der Waals surface area (Å²) >= 11 is 0. The van der Waals surface area contributed by atoms with Crippen LogP contribution in [-0.4, -0.2) is 16.5 Å². The molecule has 2 atom stereocenters. The van der Waals surface area contributed by atoms with Gasteiger partial charge in [0.15, 0.2) is 0 Å². The van der Waals surface area contributed by atoms with E-state index in [1.165, 1.54) is 18.4 Å². The molecule has 1 aliphatic heterocycles. The van der Waals surface area contributed by atoms with Gasteiger partial charge in [-0.1, -0.05) is 13.0 Å². The molecule has 3 rings (SSSR count). The lowest BCUT2D eigenvalue weighted by atomic mass is 9.92. The van der Waals surface area contributed by atoms with Crippen molar-refractivity contribution in [2.45, 2.75) is 25.8 Å². The number of nitrogens with zero attached hydrogens (tertiary/aromatic N) is 1. The molecule has 2 heterocycles. The van der Waals surface area contributed by atoms with Gasteiger partial charge < -0.3 is 10.3 Å². The Bertz CT molecular complexity index is 481. The maximum Gasteiger partial charge on any atom is 0.0931 e. The van der Waals surface area contributed by atoms with Crippen LogP contribution in [0, 0.1) is 5.92 Å². The minimum Gasteiger partial charge on any atom is -0.345 e. The van der Waals surface area contributed by atoms with Crippen molar-refractivity contribution in [3.63, 3.8) is 0 Å². The molecule has 3 heteroatoms. The van der Waals surface area contributed by atoms with Crippen molar-refractivity contribution in [3.8, 4) is 0 Å². The third-order valence-corrected chi connectivity index (χ3v) is 3.51. The van der Waals surface area contributed by atoms with E-state index in [2.05, 4.69) is 40.4 Å². The first-order valence-electron chi connectivity index (χ1n) is 5.99. The first-order chi connectivity index (χ1) is 7.83. The summed E-state index contributed by atoms with van der Waals surface area (Å²) in [6.07, 6.45) is 4.31. The third-order valence-electron chi connectivity index (χ3n) is 3.51. The van der Waals surface area contributed by atoms with Crippen molar-refractivity contribution in [1.29, 1.82) is 0 Å². The second-order valence-electron chi connectivity index (χ2n) is 4.82. The van der Waals surface area contributed by atoms with Crippen LogP contribution in [0.4, 0.5) is 0 Å². The van der Waals surface area contributed by atoms with E-state index in [9.17, 15) is 0 Å². The number of hydrogen-bond acceptors (Lipinski definition) is 2. The molecule has 1 aromatic carbocycles. The first kappa shape index (κ1) is 9.85. The standard InChI is InChI=1S/C13H17N3/c1-9-2-4-11(14-7-9)10-3-5-12-13(6-10)16-8-15-12/h3,5-6,8-9,11,14H,2,4,7H2,1H3,(H,15,16). The minimum absolute atomic E-state index is 0.517. The maximum absolute atomic E-state index is 4.24. The molecule has 0 radical (unpaired) electrons. The second kappa shape index (κ2) is 3.91. The number of aromatic nitrogens is 2. The largest absolute Gasteiger partial charge is 0.345 e. The number of fused-ring (bicyclic) bond motifs is 1. The van der Waals surface area contributed by atoms with Gasteiger partial charge in [0.05, 0.1) is 17.4 Å². The number of piperidine rings is 1. The number of aromatic amines is 1. The number of rotatable bonds is 1. The van der Waals surface area contributed by atoms with E-state index in [-0.39, 0.29) is 0 Å². The molecule has 0 bridgehead atoms. The molecule has 1 saturated heterocycles. The molecular formula is C13H17N3. The molecule has 16 heavy (non-hydrogen) atoms. The van der Waals surface area contributed by atoms with Gasteiger partial charge in [-0.25, -0.2) is 4.98 Å². The van der Waals surface area contributed by atoms with Gasteiger partial charge in [-0.2, -0.15) is 0 Å². The molecule has 0 aliphatic carbocycles. The topological polar surface area (TPSA) is 40.7 Å². The van der Waals surface area contributed by atoms with E-state index in [0.717, 1.165) is 23.5 Å². The van der Waals surface area contributed by atoms with Crippen molar-refractivity contribution < 1.29 is 0 Å². The Kier molecular flexibility index (Phi) is 2.40. The highest BCUT2D eigenvalue weighted by atomic mass is 14.9. The van der Waals surface area contributed by atoms with Gasteiger partial charge in [0.25, 0.3) is 0 Å². The Labute approximate surface area is 95.3 Å². The van der Waals surface area contributed by atoms with E-state index in [0.29, 0.717) is 6.04 Å². The average Bonchev–Trinajstić information content (AvgIpc) is 2.77. The fourth-order valence-corrected chi connectivity index (χ4v) is 2.45. The van der Waals surface area contributed by atoms with E-state index >= 15 is 0 Å². The van der Waals surface area contributed by atoms with Crippen molar-refractivity contribution in [2.75, 3.05) is 6.54 Å². The predicted molar refractivity (Wildman–Crippen MR) is 65.2 cm³/mol. The zero-order valence-electron chi connectivity index (χ0n) is 9.53. The van der Waals surface area contributed by atoms with Crippen LogP contribution < -0.4 is 5.32 Å². The monoisotopic (exact) mass is 215 g/mol. The molecule has 1 aromatic heterocycles. The Balaban J connectivity index is 1.87.